The minimum absolute atomic E-state index is 0.0348. The molecule has 1 aliphatic heterocycles. The zero-order chi connectivity index (χ0) is 15.4. The van der Waals surface area contributed by atoms with Gasteiger partial charge in [0.15, 0.2) is 0 Å². The number of carbonyl (C=O) groups is 1. The van der Waals surface area contributed by atoms with Gasteiger partial charge in [0.25, 0.3) is 5.91 Å². The normalized spacial score (nSPS) is 26.0. The van der Waals surface area contributed by atoms with E-state index in [1.165, 1.54) is 11.3 Å². The molecule has 0 aromatic carbocycles. The van der Waals surface area contributed by atoms with Gasteiger partial charge in [-0.3, -0.25) is 4.79 Å². The second-order valence-electron chi connectivity index (χ2n) is 6.00. The summed E-state index contributed by atoms with van der Waals surface area (Å²) in [5.74, 6) is 1.69. The molecule has 3 heterocycles. The molecular weight excluding hydrogens is 302 g/mol. The lowest BCUT2D eigenvalue weighted by molar-refractivity contribution is 0.0932. The van der Waals surface area contributed by atoms with Gasteiger partial charge in [-0.1, -0.05) is 5.16 Å². The summed E-state index contributed by atoms with van der Waals surface area (Å²) in [4.78, 5) is 17.7. The fourth-order valence-electron chi connectivity index (χ4n) is 3.17. The van der Waals surface area contributed by atoms with Gasteiger partial charge in [-0.25, -0.2) is 4.98 Å². The standard InChI is InChI=1S/C15H17N3O3S/c1-6-11(8(3)21-18-6)15-16-7(2)13(22-15)14(19)17-12-9-4-20-5-10(9)12/h9-10,12H,4-5H2,1-3H3,(H,17,19)/t9-,10+,12?. The van der Waals surface area contributed by atoms with Gasteiger partial charge < -0.3 is 14.6 Å². The van der Waals surface area contributed by atoms with Crippen molar-refractivity contribution in [3.8, 4) is 10.6 Å². The van der Waals surface area contributed by atoms with Gasteiger partial charge in [0.05, 0.1) is 30.2 Å². The topological polar surface area (TPSA) is 77.2 Å². The smallest absolute Gasteiger partial charge is 0.263 e. The molecule has 2 fully saturated rings. The summed E-state index contributed by atoms with van der Waals surface area (Å²) in [6, 6.07) is 0.269. The molecule has 4 rings (SSSR count). The summed E-state index contributed by atoms with van der Waals surface area (Å²) in [6.07, 6.45) is 0. The SMILES string of the molecule is Cc1nc(-c2c(C)noc2C)sc1C(=O)NC1[C@H]2COC[C@@H]12. The van der Waals surface area contributed by atoms with Crippen LogP contribution < -0.4 is 5.32 Å². The van der Waals surface area contributed by atoms with E-state index in [0.717, 1.165) is 40.9 Å². The Bertz CT molecular complexity index is 722. The predicted octanol–water partition coefficient (Wildman–Crippen LogP) is 2.10. The quantitative estimate of drug-likeness (QED) is 0.937. The third kappa shape index (κ3) is 2.07. The number of aryl methyl sites for hydroxylation is 3. The highest BCUT2D eigenvalue weighted by molar-refractivity contribution is 7.17. The van der Waals surface area contributed by atoms with Crippen LogP contribution in [0.3, 0.4) is 0 Å². The number of hydrogen-bond acceptors (Lipinski definition) is 6. The second kappa shape index (κ2) is 4.89. The molecule has 6 nitrogen and oxygen atoms in total. The van der Waals surface area contributed by atoms with Gasteiger partial charge in [0.1, 0.15) is 15.6 Å². The number of carbonyl (C=O) groups excluding carboxylic acids is 1. The summed E-state index contributed by atoms with van der Waals surface area (Å²) in [5, 5.41) is 7.85. The van der Waals surface area contributed by atoms with Crippen LogP contribution in [0.4, 0.5) is 0 Å². The Balaban J connectivity index is 1.56. The van der Waals surface area contributed by atoms with E-state index < -0.39 is 0 Å². The van der Waals surface area contributed by atoms with Crippen molar-refractivity contribution in [1.82, 2.24) is 15.5 Å². The highest BCUT2D eigenvalue weighted by atomic mass is 32.1. The van der Waals surface area contributed by atoms with E-state index in [2.05, 4.69) is 15.5 Å². The molecule has 1 saturated heterocycles. The number of nitrogens with zero attached hydrogens (tertiary/aromatic N) is 2. The molecule has 2 aliphatic rings. The molecule has 116 valence electrons. The van der Waals surface area contributed by atoms with Crippen molar-refractivity contribution in [3.63, 3.8) is 0 Å². The van der Waals surface area contributed by atoms with Crippen LogP contribution in [0.5, 0.6) is 0 Å². The van der Waals surface area contributed by atoms with Crippen molar-refractivity contribution in [2.24, 2.45) is 11.8 Å². The third-order valence-electron chi connectivity index (χ3n) is 4.50. The van der Waals surface area contributed by atoms with Crippen LogP contribution in [0, 0.1) is 32.6 Å². The Morgan fingerprint density at radius 2 is 1.95 bits per heavy atom. The van der Waals surface area contributed by atoms with Crippen molar-refractivity contribution in [2.45, 2.75) is 26.8 Å². The van der Waals surface area contributed by atoms with Crippen LogP contribution in [-0.4, -0.2) is 35.3 Å². The van der Waals surface area contributed by atoms with E-state index in [1.807, 2.05) is 20.8 Å². The van der Waals surface area contributed by atoms with E-state index in [4.69, 9.17) is 9.26 Å². The van der Waals surface area contributed by atoms with Crippen LogP contribution in [0.1, 0.15) is 26.8 Å². The van der Waals surface area contributed by atoms with E-state index in [-0.39, 0.29) is 11.9 Å². The molecule has 0 radical (unpaired) electrons. The molecule has 22 heavy (non-hydrogen) atoms. The van der Waals surface area contributed by atoms with Crippen LogP contribution in [0.15, 0.2) is 4.52 Å². The molecule has 1 aliphatic carbocycles. The summed E-state index contributed by atoms with van der Waals surface area (Å²) in [6.45, 7) is 7.14. The van der Waals surface area contributed by atoms with Gasteiger partial charge in [-0.05, 0) is 20.8 Å². The van der Waals surface area contributed by atoms with Crippen molar-refractivity contribution in [2.75, 3.05) is 13.2 Å². The molecule has 1 N–H and O–H groups in total. The second-order valence-corrected chi connectivity index (χ2v) is 7.00. The lowest BCUT2D eigenvalue weighted by atomic mass is 10.2. The Labute approximate surface area is 131 Å². The molecule has 1 unspecified atom stereocenters. The van der Waals surface area contributed by atoms with Crippen molar-refractivity contribution < 1.29 is 14.1 Å². The average Bonchev–Trinajstić information content (AvgIpc) is 2.91. The number of hydrogen-bond donors (Lipinski definition) is 1. The van der Waals surface area contributed by atoms with Gasteiger partial charge in [0, 0.05) is 17.9 Å². The zero-order valence-electron chi connectivity index (χ0n) is 12.7. The number of amides is 1. The van der Waals surface area contributed by atoms with E-state index >= 15 is 0 Å². The van der Waals surface area contributed by atoms with E-state index in [0.29, 0.717) is 16.7 Å². The van der Waals surface area contributed by atoms with Gasteiger partial charge in [-0.15, -0.1) is 11.3 Å². The molecule has 1 saturated carbocycles. The minimum atomic E-state index is -0.0348. The van der Waals surface area contributed by atoms with Gasteiger partial charge in [-0.2, -0.15) is 0 Å². The first-order valence-electron chi connectivity index (χ1n) is 7.35. The number of aromatic nitrogens is 2. The Morgan fingerprint density at radius 3 is 2.59 bits per heavy atom. The number of rotatable bonds is 3. The van der Waals surface area contributed by atoms with Crippen LogP contribution >= 0.6 is 11.3 Å². The first-order valence-corrected chi connectivity index (χ1v) is 8.17. The largest absolute Gasteiger partial charge is 0.381 e. The molecule has 3 atom stereocenters. The molecular formula is C15H17N3O3S. The summed E-state index contributed by atoms with van der Waals surface area (Å²) < 4.78 is 10.5. The Kier molecular flexibility index (Phi) is 3.09. The lowest BCUT2D eigenvalue weighted by Gasteiger charge is -2.06. The number of ether oxygens (including phenoxy) is 1. The number of thiazole rings is 1. The molecule has 2 aromatic heterocycles. The molecule has 0 spiro atoms. The summed E-state index contributed by atoms with van der Waals surface area (Å²) in [5.41, 5.74) is 2.44. The van der Waals surface area contributed by atoms with Gasteiger partial charge in [0.2, 0.25) is 0 Å². The van der Waals surface area contributed by atoms with Crippen LogP contribution in [0.25, 0.3) is 10.6 Å². The van der Waals surface area contributed by atoms with Crippen molar-refractivity contribution >= 4 is 17.2 Å². The summed E-state index contributed by atoms with van der Waals surface area (Å²) >= 11 is 1.40. The first-order chi connectivity index (χ1) is 10.6. The van der Waals surface area contributed by atoms with Crippen molar-refractivity contribution in [1.29, 1.82) is 0 Å². The average molecular weight is 319 g/mol. The monoisotopic (exact) mass is 319 g/mol. The Hall–Kier alpha value is -1.73. The Morgan fingerprint density at radius 1 is 1.23 bits per heavy atom. The maximum atomic E-state index is 12.5. The van der Waals surface area contributed by atoms with Crippen molar-refractivity contribution in [3.05, 3.63) is 22.0 Å². The maximum Gasteiger partial charge on any atom is 0.263 e. The number of fused-ring (bicyclic) bond motifs is 1. The maximum absolute atomic E-state index is 12.5. The lowest BCUT2D eigenvalue weighted by Crippen LogP contribution is -2.29. The molecule has 0 bridgehead atoms. The molecule has 2 aromatic rings. The fraction of sp³-hybridized carbons (Fsp3) is 0.533. The molecule has 1 amide bonds. The fourth-order valence-corrected chi connectivity index (χ4v) is 4.29. The minimum Gasteiger partial charge on any atom is -0.381 e. The molecule has 7 heteroatoms. The predicted molar refractivity (Wildman–Crippen MR) is 80.9 cm³/mol. The van der Waals surface area contributed by atoms with E-state index in [1.54, 1.807) is 0 Å². The van der Waals surface area contributed by atoms with Gasteiger partial charge >= 0.3 is 0 Å². The summed E-state index contributed by atoms with van der Waals surface area (Å²) in [7, 11) is 0. The van der Waals surface area contributed by atoms with E-state index in [9.17, 15) is 4.79 Å². The highest BCUT2D eigenvalue weighted by Crippen LogP contribution is 2.44. The van der Waals surface area contributed by atoms with Crippen LogP contribution in [-0.2, 0) is 4.74 Å². The highest BCUT2D eigenvalue weighted by Gasteiger charge is 2.54. The van der Waals surface area contributed by atoms with Crippen LogP contribution in [0.2, 0.25) is 0 Å². The first kappa shape index (κ1) is 13.9. The number of nitrogens with one attached hydrogen (secondary N) is 1. The zero-order valence-corrected chi connectivity index (χ0v) is 13.5. The third-order valence-corrected chi connectivity index (χ3v) is 5.67.